The summed E-state index contributed by atoms with van der Waals surface area (Å²) in [5.41, 5.74) is 6.63. The van der Waals surface area contributed by atoms with Crippen molar-refractivity contribution in [3.8, 4) is 0 Å². The Bertz CT molecular complexity index is 575. The molecule has 100 valence electrons. The van der Waals surface area contributed by atoms with Crippen molar-refractivity contribution in [3.63, 3.8) is 0 Å². The maximum atomic E-state index is 14.0. The van der Waals surface area contributed by atoms with Crippen molar-refractivity contribution in [2.24, 2.45) is 5.73 Å². The van der Waals surface area contributed by atoms with E-state index in [9.17, 15) is 4.39 Å². The Hall–Kier alpha value is -0.910. The van der Waals surface area contributed by atoms with Crippen molar-refractivity contribution in [2.45, 2.75) is 29.3 Å². The fraction of sp³-hybridized carbons (Fsp3) is 0.214. The number of hydrogen-bond donors (Lipinski definition) is 1. The molecule has 0 aliphatic carbocycles. The van der Waals surface area contributed by atoms with Gasteiger partial charge >= 0.3 is 0 Å². The van der Waals surface area contributed by atoms with E-state index in [0.29, 0.717) is 11.3 Å². The molecule has 2 rings (SSSR count). The van der Waals surface area contributed by atoms with E-state index in [2.05, 4.69) is 20.9 Å². The Morgan fingerprint density at radius 1 is 1.42 bits per heavy atom. The van der Waals surface area contributed by atoms with Gasteiger partial charge in [0.1, 0.15) is 10.8 Å². The molecule has 1 atom stereocenters. The van der Waals surface area contributed by atoms with Crippen molar-refractivity contribution in [1.82, 2.24) is 4.98 Å². The molecule has 1 unspecified atom stereocenters. The first-order valence-corrected chi connectivity index (χ1v) is 7.49. The van der Waals surface area contributed by atoms with E-state index in [4.69, 9.17) is 5.73 Å². The normalized spacial score (nSPS) is 12.4. The lowest BCUT2D eigenvalue weighted by atomic mass is 10.1. The molecule has 1 aromatic carbocycles. The lowest BCUT2D eigenvalue weighted by molar-refractivity contribution is 0.597. The lowest BCUT2D eigenvalue weighted by Crippen LogP contribution is -2.17. The van der Waals surface area contributed by atoms with E-state index in [1.807, 2.05) is 25.1 Å². The molecule has 1 heterocycles. The zero-order valence-corrected chi connectivity index (χ0v) is 12.8. The maximum absolute atomic E-state index is 14.0. The molecule has 2 aromatic rings. The minimum Gasteiger partial charge on any atom is -0.328 e. The van der Waals surface area contributed by atoms with Crippen LogP contribution >= 0.6 is 27.7 Å². The van der Waals surface area contributed by atoms with Crippen LogP contribution in [-0.2, 0) is 6.42 Å². The molecule has 0 radical (unpaired) electrons. The third-order valence-electron chi connectivity index (χ3n) is 2.49. The third-order valence-corrected chi connectivity index (χ3v) is 4.46. The van der Waals surface area contributed by atoms with Crippen LogP contribution in [-0.4, -0.2) is 11.0 Å². The molecule has 0 aliphatic heterocycles. The van der Waals surface area contributed by atoms with Gasteiger partial charge in [0.15, 0.2) is 0 Å². The standard InChI is InChI=1S/C14H14BrFN2S/c1-9(17)7-10-4-5-13(12(16)8-10)19-14-11(15)3-2-6-18-14/h2-6,8-9H,7,17H2,1H3. The second-order valence-corrected chi connectivity index (χ2v) is 6.22. The molecule has 0 spiro atoms. The molecule has 0 fully saturated rings. The number of halogens is 2. The first-order chi connectivity index (χ1) is 9.06. The van der Waals surface area contributed by atoms with Crippen LogP contribution in [0.4, 0.5) is 4.39 Å². The van der Waals surface area contributed by atoms with E-state index in [-0.39, 0.29) is 11.9 Å². The monoisotopic (exact) mass is 340 g/mol. The first-order valence-electron chi connectivity index (χ1n) is 5.88. The van der Waals surface area contributed by atoms with Gasteiger partial charge in [-0.25, -0.2) is 9.37 Å². The molecule has 1 aromatic heterocycles. The molecule has 0 saturated carbocycles. The van der Waals surface area contributed by atoms with Crippen LogP contribution in [0.2, 0.25) is 0 Å². The van der Waals surface area contributed by atoms with Crippen LogP contribution in [0.5, 0.6) is 0 Å². The molecular weight excluding hydrogens is 327 g/mol. The number of nitrogens with zero attached hydrogens (tertiary/aromatic N) is 1. The van der Waals surface area contributed by atoms with E-state index < -0.39 is 0 Å². The number of pyridine rings is 1. The summed E-state index contributed by atoms with van der Waals surface area (Å²) in [6.45, 7) is 1.91. The fourth-order valence-electron chi connectivity index (χ4n) is 1.68. The second kappa shape index (κ2) is 6.50. The summed E-state index contributed by atoms with van der Waals surface area (Å²) in [6, 6.07) is 8.98. The number of nitrogens with two attached hydrogens (primary N) is 1. The van der Waals surface area contributed by atoms with Crippen LogP contribution in [0, 0.1) is 5.82 Å². The van der Waals surface area contributed by atoms with Crippen LogP contribution in [0.1, 0.15) is 12.5 Å². The Morgan fingerprint density at radius 3 is 2.84 bits per heavy atom. The Balaban J connectivity index is 2.20. The average Bonchev–Trinajstić information content (AvgIpc) is 2.34. The Kier molecular flexibility index (Phi) is 4.96. The van der Waals surface area contributed by atoms with Crippen molar-refractivity contribution in [3.05, 3.63) is 52.4 Å². The second-order valence-electron chi connectivity index (χ2n) is 4.34. The predicted octanol–water partition coefficient (Wildman–Crippen LogP) is 4.02. The molecule has 0 aliphatic rings. The molecule has 0 saturated heterocycles. The summed E-state index contributed by atoms with van der Waals surface area (Å²) in [7, 11) is 0. The zero-order valence-electron chi connectivity index (χ0n) is 10.4. The van der Waals surface area contributed by atoms with E-state index in [0.717, 1.165) is 15.1 Å². The van der Waals surface area contributed by atoms with Gasteiger partial charge in [-0.05, 0) is 59.1 Å². The zero-order chi connectivity index (χ0) is 13.8. The Labute approximate surface area is 124 Å². The largest absolute Gasteiger partial charge is 0.328 e. The van der Waals surface area contributed by atoms with E-state index in [1.165, 1.54) is 11.8 Å². The van der Waals surface area contributed by atoms with Gasteiger partial charge in [-0.2, -0.15) is 0 Å². The maximum Gasteiger partial charge on any atom is 0.137 e. The summed E-state index contributed by atoms with van der Waals surface area (Å²) < 4.78 is 14.9. The lowest BCUT2D eigenvalue weighted by Gasteiger charge is -2.08. The predicted molar refractivity (Wildman–Crippen MR) is 79.8 cm³/mol. The van der Waals surface area contributed by atoms with Gasteiger partial charge in [-0.15, -0.1) is 0 Å². The number of hydrogen-bond acceptors (Lipinski definition) is 3. The topological polar surface area (TPSA) is 38.9 Å². The van der Waals surface area contributed by atoms with Gasteiger partial charge in [0.2, 0.25) is 0 Å². The minimum absolute atomic E-state index is 0.0304. The van der Waals surface area contributed by atoms with Gasteiger partial charge in [0, 0.05) is 17.1 Å². The van der Waals surface area contributed by atoms with Crippen molar-refractivity contribution in [1.29, 1.82) is 0 Å². The van der Waals surface area contributed by atoms with E-state index >= 15 is 0 Å². The molecular formula is C14H14BrFN2S. The molecule has 0 bridgehead atoms. The van der Waals surface area contributed by atoms with Gasteiger partial charge < -0.3 is 5.73 Å². The van der Waals surface area contributed by atoms with Crippen molar-refractivity contribution < 1.29 is 4.39 Å². The van der Waals surface area contributed by atoms with Gasteiger partial charge in [0.25, 0.3) is 0 Å². The van der Waals surface area contributed by atoms with Crippen LogP contribution < -0.4 is 5.73 Å². The molecule has 5 heteroatoms. The molecule has 19 heavy (non-hydrogen) atoms. The summed E-state index contributed by atoms with van der Waals surface area (Å²) >= 11 is 4.71. The van der Waals surface area contributed by atoms with Crippen LogP contribution in [0.3, 0.4) is 0 Å². The minimum atomic E-state index is -0.235. The highest BCUT2D eigenvalue weighted by molar-refractivity contribution is 9.10. The highest BCUT2D eigenvalue weighted by atomic mass is 79.9. The average molecular weight is 341 g/mol. The summed E-state index contributed by atoms with van der Waals surface area (Å²) in [5, 5.41) is 0.751. The summed E-state index contributed by atoms with van der Waals surface area (Å²) in [6.07, 6.45) is 2.37. The number of aromatic nitrogens is 1. The highest BCUT2D eigenvalue weighted by Gasteiger charge is 2.09. The first kappa shape index (κ1) is 14.5. The number of rotatable bonds is 4. The van der Waals surface area contributed by atoms with Gasteiger partial charge in [-0.3, -0.25) is 0 Å². The number of benzene rings is 1. The van der Waals surface area contributed by atoms with Gasteiger partial charge in [0.05, 0.1) is 4.47 Å². The van der Waals surface area contributed by atoms with Crippen LogP contribution in [0.15, 0.2) is 50.9 Å². The highest BCUT2D eigenvalue weighted by Crippen LogP contribution is 2.33. The van der Waals surface area contributed by atoms with Crippen molar-refractivity contribution in [2.75, 3.05) is 0 Å². The molecule has 2 N–H and O–H groups in total. The molecule has 2 nitrogen and oxygen atoms in total. The van der Waals surface area contributed by atoms with Crippen LogP contribution in [0.25, 0.3) is 0 Å². The fourth-order valence-corrected chi connectivity index (χ4v) is 2.95. The van der Waals surface area contributed by atoms with Crippen molar-refractivity contribution >= 4 is 27.7 Å². The Morgan fingerprint density at radius 2 is 2.21 bits per heavy atom. The SMILES string of the molecule is CC(N)Cc1ccc(Sc2ncccc2Br)c(F)c1. The summed E-state index contributed by atoms with van der Waals surface area (Å²) in [5.74, 6) is -0.235. The summed E-state index contributed by atoms with van der Waals surface area (Å²) in [4.78, 5) is 4.78. The smallest absolute Gasteiger partial charge is 0.137 e. The van der Waals surface area contributed by atoms with E-state index in [1.54, 1.807) is 18.3 Å². The third kappa shape index (κ3) is 4.03. The van der Waals surface area contributed by atoms with Gasteiger partial charge in [-0.1, -0.05) is 17.8 Å². The molecule has 0 amide bonds. The quantitative estimate of drug-likeness (QED) is 0.913.